The third-order valence-electron chi connectivity index (χ3n) is 3.95. The molecule has 134 valence electrons. The fourth-order valence-electron chi connectivity index (χ4n) is 2.61. The number of phenolic OH excluding ortho intramolecular Hbond substituents is 1. The van der Waals surface area contributed by atoms with Crippen LogP contribution in [0.25, 0.3) is 11.0 Å². The van der Waals surface area contributed by atoms with Gasteiger partial charge in [0.2, 0.25) is 0 Å². The third-order valence-corrected chi connectivity index (χ3v) is 3.95. The maximum absolute atomic E-state index is 12.8. The van der Waals surface area contributed by atoms with Gasteiger partial charge in [-0.15, -0.1) is 0 Å². The number of esters is 1. The van der Waals surface area contributed by atoms with E-state index in [9.17, 15) is 19.1 Å². The van der Waals surface area contributed by atoms with Gasteiger partial charge in [0.1, 0.15) is 17.1 Å². The number of benzene rings is 2. The lowest BCUT2D eigenvalue weighted by Gasteiger charge is -2.04. The minimum absolute atomic E-state index is 0.0453. The van der Waals surface area contributed by atoms with Gasteiger partial charge in [0.15, 0.2) is 5.78 Å². The van der Waals surface area contributed by atoms with Crippen LogP contribution in [-0.4, -0.2) is 23.5 Å². The Morgan fingerprint density at radius 2 is 1.88 bits per heavy atom. The van der Waals surface area contributed by atoms with Crippen LogP contribution in [0.3, 0.4) is 0 Å². The monoisotopic (exact) mass is 356 g/mol. The molecular weight excluding hydrogens is 339 g/mol. The van der Waals surface area contributed by atoms with Gasteiger partial charge in [0, 0.05) is 29.0 Å². The summed E-state index contributed by atoms with van der Waals surface area (Å²) in [5, 5.41) is 10.1. The highest BCUT2D eigenvalue weighted by molar-refractivity contribution is 5.96. The molecule has 1 aromatic heterocycles. The van der Waals surface area contributed by atoms with Crippen molar-refractivity contribution in [2.24, 2.45) is 0 Å². The summed E-state index contributed by atoms with van der Waals surface area (Å²) in [6, 6.07) is 10.0. The van der Waals surface area contributed by atoms with Gasteiger partial charge >= 0.3 is 5.97 Å². The van der Waals surface area contributed by atoms with Gasteiger partial charge in [-0.25, -0.2) is 4.39 Å². The van der Waals surface area contributed by atoms with E-state index in [0.29, 0.717) is 23.1 Å². The Balaban J connectivity index is 1.45. The third kappa shape index (κ3) is 4.27. The van der Waals surface area contributed by atoms with Crippen molar-refractivity contribution in [1.82, 2.24) is 0 Å². The summed E-state index contributed by atoms with van der Waals surface area (Å²) in [5.41, 5.74) is 1.61. The summed E-state index contributed by atoms with van der Waals surface area (Å²) in [4.78, 5) is 23.9. The second kappa shape index (κ2) is 7.82. The highest BCUT2D eigenvalue weighted by Crippen LogP contribution is 2.25. The predicted molar refractivity (Wildman–Crippen MR) is 92.5 cm³/mol. The maximum atomic E-state index is 12.8. The predicted octanol–water partition coefficient (Wildman–Crippen LogP) is 4.03. The summed E-state index contributed by atoms with van der Waals surface area (Å²) in [6.07, 6.45) is 2.11. The summed E-state index contributed by atoms with van der Waals surface area (Å²) < 4.78 is 23.3. The molecule has 6 heteroatoms. The fraction of sp³-hybridized carbons (Fsp3) is 0.200. The van der Waals surface area contributed by atoms with Gasteiger partial charge in [0.25, 0.3) is 0 Å². The van der Waals surface area contributed by atoms with Gasteiger partial charge in [-0.1, -0.05) is 0 Å². The van der Waals surface area contributed by atoms with Gasteiger partial charge in [0.05, 0.1) is 19.3 Å². The van der Waals surface area contributed by atoms with Crippen molar-refractivity contribution < 1.29 is 28.2 Å². The van der Waals surface area contributed by atoms with E-state index in [0.717, 1.165) is 5.39 Å². The van der Waals surface area contributed by atoms with E-state index in [2.05, 4.69) is 0 Å². The van der Waals surface area contributed by atoms with Crippen molar-refractivity contribution >= 4 is 22.7 Å². The van der Waals surface area contributed by atoms with Crippen molar-refractivity contribution in [2.45, 2.75) is 19.3 Å². The van der Waals surface area contributed by atoms with E-state index in [1.807, 2.05) is 0 Å². The maximum Gasteiger partial charge on any atom is 0.310 e. The first-order valence-electron chi connectivity index (χ1n) is 8.16. The Morgan fingerprint density at radius 3 is 2.65 bits per heavy atom. The Morgan fingerprint density at radius 1 is 1.12 bits per heavy atom. The van der Waals surface area contributed by atoms with Gasteiger partial charge < -0.3 is 14.3 Å². The number of hydrogen-bond acceptors (Lipinski definition) is 5. The number of Topliss-reactive ketones (excluding diaryl/α,β-unsaturated/α-hetero) is 1. The molecule has 5 nitrogen and oxygen atoms in total. The molecule has 0 saturated heterocycles. The largest absolute Gasteiger partial charge is 0.508 e. The van der Waals surface area contributed by atoms with E-state index < -0.39 is 11.8 Å². The first kappa shape index (κ1) is 17.7. The highest BCUT2D eigenvalue weighted by atomic mass is 19.1. The first-order valence-corrected chi connectivity index (χ1v) is 8.16. The van der Waals surface area contributed by atoms with E-state index in [-0.39, 0.29) is 31.0 Å². The van der Waals surface area contributed by atoms with E-state index in [4.69, 9.17) is 9.15 Å². The number of ketones is 1. The fourth-order valence-corrected chi connectivity index (χ4v) is 2.61. The lowest BCUT2D eigenvalue weighted by Crippen LogP contribution is -2.10. The molecule has 0 bridgehead atoms. The van der Waals surface area contributed by atoms with Crippen LogP contribution in [0.15, 0.2) is 53.1 Å². The molecule has 3 rings (SSSR count). The average molecular weight is 356 g/mol. The smallest absolute Gasteiger partial charge is 0.310 e. The molecule has 0 aliphatic rings. The SMILES string of the molecule is O=C(Cc1coc2cc(O)ccc12)OCCCC(=O)c1ccc(F)cc1. The number of phenols is 1. The van der Waals surface area contributed by atoms with Crippen molar-refractivity contribution in [3.63, 3.8) is 0 Å². The summed E-state index contributed by atoms with van der Waals surface area (Å²) in [5.74, 6) is -0.846. The average Bonchev–Trinajstić information content (AvgIpc) is 3.01. The number of halogens is 1. The molecule has 0 saturated carbocycles. The van der Waals surface area contributed by atoms with Crippen LogP contribution in [0.5, 0.6) is 5.75 Å². The number of fused-ring (bicyclic) bond motifs is 1. The highest BCUT2D eigenvalue weighted by Gasteiger charge is 2.12. The molecule has 0 aliphatic heterocycles. The lowest BCUT2D eigenvalue weighted by molar-refractivity contribution is -0.142. The van der Waals surface area contributed by atoms with Crippen LogP contribution in [0.4, 0.5) is 4.39 Å². The molecule has 2 aromatic carbocycles. The van der Waals surface area contributed by atoms with Gasteiger partial charge in [-0.2, -0.15) is 0 Å². The zero-order valence-electron chi connectivity index (χ0n) is 13.9. The molecule has 0 fully saturated rings. The normalized spacial score (nSPS) is 10.8. The molecule has 3 aromatic rings. The Kier molecular flexibility index (Phi) is 5.31. The van der Waals surface area contributed by atoms with Crippen molar-refractivity contribution in [3.05, 3.63) is 65.7 Å². The summed E-state index contributed by atoms with van der Waals surface area (Å²) in [6.45, 7) is 0.127. The second-order valence-corrected chi connectivity index (χ2v) is 5.87. The van der Waals surface area contributed by atoms with E-state index in [1.54, 1.807) is 6.07 Å². The van der Waals surface area contributed by atoms with Gasteiger partial charge in [-0.3, -0.25) is 9.59 Å². The van der Waals surface area contributed by atoms with Gasteiger partial charge in [-0.05, 0) is 42.8 Å². The second-order valence-electron chi connectivity index (χ2n) is 5.87. The zero-order chi connectivity index (χ0) is 18.5. The van der Waals surface area contributed by atoms with Crippen molar-refractivity contribution in [1.29, 1.82) is 0 Å². The summed E-state index contributed by atoms with van der Waals surface area (Å²) in [7, 11) is 0. The molecule has 1 heterocycles. The zero-order valence-corrected chi connectivity index (χ0v) is 13.9. The molecular formula is C20H17FO5. The molecule has 0 amide bonds. The number of ether oxygens (including phenoxy) is 1. The summed E-state index contributed by atoms with van der Waals surface area (Å²) >= 11 is 0. The first-order chi connectivity index (χ1) is 12.5. The Bertz CT molecular complexity index is 927. The molecule has 26 heavy (non-hydrogen) atoms. The van der Waals surface area contributed by atoms with E-state index >= 15 is 0 Å². The number of aromatic hydroxyl groups is 1. The van der Waals surface area contributed by atoms with Crippen LogP contribution in [0.2, 0.25) is 0 Å². The molecule has 1 N–H and O–H groups in total. The van der Waals surface area contributed by atoms with Crippen LogP contribution in [0.1, 0.15) is 28.8 Å². The molecule has 0 aliphatic carbocycles. The standard InChI is InChI=1S/C20H17FO5/c21-15-5-3-13(4-6-15)18(23)2-1-9-25-20(24)10-14-12-26-19-11-16(22)7-8-17(14)19/h3-8,11-12,22H,1-2,9-10H2. The molecule has 0 radical (unpaired) electrons. The van der Waals surface area contributed by atoms with Crippen molar-refractivity contribution in [3.8, 4) is 5.75 Å². The van der Waals surface area contributed by atoms with Crippen LogP contribution >= 0.6 is 0 Å². The Labute approximate surface area is 149 Å². The molecule has 0 spiro atoms. The quantitative estimate of drug-likeness (QED) is 0.393. The van der Waals surface area contributed by atoms with Crippen LogP contribution < -0.4 is 0 Å². The minimum atomic E-state index is -0.421. The number of carbonyl (C=O) groups is 2. The van der Waals surface area contributed by atoms with Crippen LogP contribution in [0, 0.1) is 5.82 Å². The number of furan rings is 1. The topological polar surface area (TPSA) is 76.7 Å². The Hall–Kier alpha value is -3.15. The van der Waals surface area contributed by atoms with E-state index in [1.165, 1.54) is 42.7 Å². The van der Waals surface area contributed by atoms with Crippen LogP contribution in [-0.2, 0) is 16.0 Å². The molecule has 0 atom stereocenters. The number of hydrogen-bond donors (Lipinski definition) is 1. The number of carbonyl (C=O) groups excluding carboxylic acids is 2. The lowest BCUT2D eigenvalue weighted by atomic mass is 10.1. The molecule has 0 unspecified atom stereocenters. The van der Waals surface area contributed by atoms with Crippen molar-refractivity contribution in [2.75, 3.05) is 6.61 Å². The minimum Gasteiger partial charge on any atom is -0.508 e. The number of rotatable bonds is 7.